The number of nitrogens with two attached hydrogens (primary N) is 1. The highest BCUT2D eigenvalue weighted by molar-refractivity contribution is 6.31. The van der Waals surface area contributed by atoms with Crippen LogP contribution in [0.15, 0.2) is 36.4 Å². The first-order valence-electron chi connectivity index (χ1n) is 6.49. The minimum Gasteiger partial charge on any atom is -0.271 e. The highest BCUT2D eigenvalue weighted by Gasteiger charge is 2.16. The second-order valence-electron chi connectivity index (χ2n) is 5.00. The van der Waals surface area contributed by atoms with E-state index in [1.54, 1.807) is 6.07 Å². The van der Waals surface area contributed by atoms with Gasteiger partial charge >= 0.3 is 0 Å². The molecule has 0 aliphatic heterocycles. The van der Waals surface area contributed by atoms with Gasteiger partial charge < -0.3 is 0 Å². The summed E-state index contributed by atoms with van der Waals surface area (Å²) < 4.78 is 13.5. The van der Waals surface area contributed by atoms with Crippen LogP contribution in [0, 0.1) is 19.7 Å². The third kappa shape index (κ3) is 3.18. The van der Waals surface area contributed by atoms with E-state index in [1.807, 2.05) is 19.9 Å². The van der Waals surface area contributed by atoms with Crippen LogP contribution in [0.5, 0.6) is 0 Å². The first-order valence-corrected chi connectivity index (χ1v) is 6.87. The Hall–Kier alpha value is -1.42. The Bertz CT molecular complexity index is 613. The van der Waals surface area contributed by atoms with Gasteiger partial charge in [-0.15, -0.1) is 0 Å². The van der Waals surface area contributed by atoms with Crippen molar-refractivity contribution in [2.75, 3.05) is 0 Å². The van der Waals surface area contributed by atoms with Gasteiger partial charge in [0.2, 0.25) is 0 Å². The molecule has 0 fully saturated rings. The Morgan fingerprint density at radius 3 is 2.70 bits per heavy atom. The molecule has 2 nitrogen and oxygen atoms in total. The minimum atomic E-state index is -0.402. The zero-order valence-corrected chi connectivity index (χ0v) is 12.3. The van der Waals surface area contributed by atoms with Crippen LogP contribution in [-0.2, 0) is 6.42 Å². The molecule has 2 aromatic rings. The van der Waals surface area contributed by atoms with Crippen LogP contribution in [0.4, 0.5) is 4.39 Å². The lowest BCUT2D eigenvalue weighted by atomic mass is 9.94. The van der Waals surface area contributed by atoms with E-state index in [1.165, 1.54) is 6.07 Å². The van der Waals surface area contributed by atoms with Crippen molar-refractivity contribution in [3.05, 3.63) is 69.5 Å². The molecule has 0 heterocycles. The maximum Gasteiger partial charge on any atom is 0.142 e. The van der Waals surface area contributed by atoms with Crippen molar-refractivity contribution in [3.63, 3.8) is 0 Å². The van der Waals surface area contributed by atoms with Gasteiger partial charge in [-0.25, -0.2) is 4.39 Å². The van der Waals surface area contributed by atoms with Gasteiger partial charge in [-0.2, -0.15) is 0 Å². The first kappa shape index (κ1) is 15.0. The van der Waals surface area contributed by atoms with Gasteiger partial charge in [0, 0.05) is 0 Å². The number of hydrazine groups is 1. The van der Waals surface area contributed by atoms with Crippen LogP contribution in [0.25, 0.3) is 0 Å². The number of aryl methyl sites for hydroxylation is 2. The third-order valence-corrected chi connectivity index (χ3v) is 3.89. The SMILES string of the molecule is Cc1ccc(C)c(C(Cc2cccc(F)c2Cl)NN)c1. The Kier molecular flexibility index (Phi) is 4.76. The normalized spacial score (nSPS) is 12.4. The third-order valence-electron chi connectivity index (χ3n) is 3.47. The van der Waals surface area contributed by atoms with E-state index >= 15 is 0 Å². The molecule has 0 spiro atoms. The fourth-order valence-electron chi connectivity index (χ4n) is 2.32. The minimum absolute atomic E-state index is 0.103. The molecule has 0 saturated carbocycles. The van der Waals surface area contributed by atoms with Crippen LogP contribution in [0.2, 0.25) is 5.02 Å². The van der Waals surface area contributed by atoms with E-state index in [2.05, 4.69) is 23.6 Å². The monoisotopic (exact) mass is 292 g/mol. The summed E-state index contributed by atoms with van der Waals surface area (Å²) in [5.41, 5.74) is 6.96. The molecule has 106 valence electrons. The predicted molar refractivity (Wildman–Crippen MR) is 81.1 cm³/mol. The van der Waals surface area contributed by atoms with Crippen LogP contribution < -0.4 is 11.3 Å². The van der Waals surface area contributed by atoms with E-state index in [9.17, 15) is 4.39 Å². The highest BCUT2D eigenvalue weighted by Crippen LogP contribution is 2.27. The van der Waals surface area contributed by atoms with Crippen molar-refractivity contribution in [3.8, 4) is 0 Å². The molecule has 3 N–H and O–H groups in total. The van der Waals surface area contributed by atoms with Crippen LogP contribution in [-0.4, -0.2) is 0 Å². The summed E-state index contributed by atoms with van der Waals surface area (Å²) in [6.07, 6.45) is 0.539. The molecule has 0 saturated heterocycles. The molecule has 4 heteroatoms. The lowest BCUT2D eigenvalue weighted by Crippen LogP contribution is -2.30. The average Bonchev–Trinajstić information content (AvgIpc) is 2.43. The smallest absolute Gasteiger partial charge is 0.142 e. The fraction of sp³-hybridized carbons (Fsp3) is 0.250. The van der Waals surface area contributed by atoms with E-state index in [-0.39, 0.29) is 11.1 Å². The van der Waals surface area contributed by atoms with Crippen molar-refractivity contribution in [2.45, 2.75) is 26.3 Å². The largest absolute Gasteiger partial charge is 0.271 e. The molecule has 0 bridgehead atoms. The van der Waals surface area contributed by atoms with Crippen molar-refractivity contribution in [1.29, 1.82) is 0 Å². The molecule has 1 unspecified atom stereocenters. The van der Waals surface area contributed by atoms with E-state index in [0.717, 1.165) is 22.3 Å². The van der Waals surface area contributed by atoms with Gasteiger partial charge in [-0.1, -0.05) is 47.5 Å². The molecule has 0 aliphatic carbocycles. The van der Waals surface area contributed by atoms with Crippen molar-refractivity contribution >= 4 is 11.6 Å². The van der Waals surface area contributed by atoms with Gasteiger partial charge in [-0.05, 0) is 43.0 Å². The molecule has 0 radical (unpaired) electrons. The van der Waals surface area contributed by atoms with Gasteiger partial charge in [0.05, 0.1) is 11.1 Å². The highest BCUT2D eigenvalue weighted by atomic mass is 35.5. The number of nitrogens with one attached hydrogen (secondary N) is 1. The Labute approximate surface area is 123 Å². The maximum absolute atomic E-state index is 13.5. The molecule has 2 aromatic carbocycles. The summed E-state index contributed by atoms with van der Waals surface area (Å²) in [5, 5.41) is 0.165. The Morgan fingerprint density at radius 1 is 1.25 bits per heavy atom. The quantitative estimate of drug-likeness (QED) is 0.664. The van der Waals surface area contributed by atoms with Crippen LogP contribution in [0.3, 0.4) is 0 Å². The lowest BCUT2D eigenvalue weighted by Gasteiger charge is -2.20. The van der Waals surface area contributed by atoms with Gasteiger partial charge in [0.25, 0.3) is 0 Å². The standard InChI is InChI=1S/C16H18ClFN2/c1-10-6-7-11(2)13(8-10)15(20-19)9-12-4-3-5-14(18)16(12)17/h3-8,15,20H,9,19H2,1-2H3. The lowest BCUT2D eigenvalue weighted by molar-refractivity contribution is 0.546. The summed E-state index contributed by atoms with van der Waals surface area (Å²) in [4.78, 5) is 0. The molecule has 0 amide bonds. The zero-order valence-electron chi connectivity index (χ0n) is 11.6. The van der Waals surface area contributed by atoms with Crippen molar-refractivity contribution in [2.24, 2.45) is 5.84 Å². The molecular weight excluding hydrogens is 275 g/mol. The van der Waals surface area contributed by atoms with Gasteiger partial charge in [-0.3, -0.25) is 11.3 Å². The average molecular weight is 293 g/mol. The first-order chi connectivity index (χ1) is 9.52. The molecule has 0 aromatic heterocycles. The Balaban J connectivity index is 2.34. The number of rotatable bonds is 4. The number of hydrogen-bond donors (Lipinski definition) is 2. The second kappa shape index (κ2) is 6.35. The summed E-state index contributed by atoms with van der Waals surface area (Å²) in [7, 11) is 0. The van der Waals surface area contributed by atoms with Crippen molar-refractivity contribution < 1.29 is 4.39 Å². The second-order valence-corrected chi connectivity index (χ2v) is 5.37. The zero-order chi connectivity index (χ0) is 14.7. The number of benzene rings is 2. The van der Waals surface area contributed by atoms with Crippen molar-refractivity contribution in [1.82, 2.24) is 5.43 Å². The predicted octanol–water partition coefficient (Wildman–Crippen LogP) is 3.84. The number of hydrogen-bond acceptors (Lipinski definition) is 2. The topological polar surface area (TPSA) is 38.0 Å². The molecule has 1 atom stereocenters. The Morgan fingerprint density at radius 2 is 2.00 bits per heavy atom. The van der Waals surface area contributed by atoms with Gasteiger partial charge in [0.1, 0.15) is 5.82 Å². The van der Waals surface area contributed by atoms with Crippen LogP contribution >= 0.6 is 11.6 Å². The summed E-state index contributed by atoms with van der Waals surface area (Å²) in [5.74, 6) is 5.27. The maximum atomic E-state index is 13.5. The molecule has 2 rings (SSSR count). The van der Waals surface area contributed by atoms with E-state index in [4.69, 9.17) is 17.4 Å². The summed E-state index contributed by atoms with van der Waals surface area (Å²) in [6.45, 7) is 4.07. The molecule has 0 aliphatic rings. The summed E-state index contributed by atoms with van der Waals surface area (Å²) >= 11 is 6.01. The van der Waals surface area contributed by atoms with Crippen LogP contribution in [0.1, 0.15) is 28.3 Å². The van der Waals surface area contributed by atoms with E-state index < -0.39 is 5.82 Å². The van der Waals surface area contributed by atoms with Gasteiger partial charge in [0.15, 0.2) is 0 Å². The fourth-order valence-corrected chi connectivity index (χ4v) is 2.52. The molecule has 20 heavy (non-hydrogen) atoms. The molecular formula is C16H18ClFN2. The number of halogens is 2. The van der Waals surface area contributed by atoms with E-state index in [0.29, 0.717) is 6.42 Å². The summed E-state index contributed by atoms with van der Waals surface area (Å²) in [6, 6.07) is 10.9.